The largest absolute Gasteiger partial charge is 0.390 e. The van der Waals surface area contributed by atoms with Crippen LogP contribution in [0.4, 0.5) is 0 Å². The highest BCUT2D eigenvalue weighted by molar-refractivity contribution is 7.52. The molecule has 0 spiro atoms. The molecule has 0 fully saturated rings. The molecule has 0 rings (SSSR count). The van der Waals surface area contributed by atoms with Crippen molar-refractivity contribution >= 4 is 16.3 Å². The fourth-order valence-corrected chi connectivity index (χ4v) is 3.07. The number of unbranched alkanes of at least 4 members (excludes halogenated alkanes) is 2. The van der Waals surface area contributed by atoms with Crippen molar-refractivity contribution in [1.29, 1.82) is 0 Å². The molecule has 0 aromatic carbocycles. The summed E-state index contributed by atoms with van der Waals surface area (Å²) in [5, 5.41) is 9.71. The van der Waals surface area contributed by atoms with E-state index in [1.165, 1.54) is 0 Å². The Morgan fingerprint density at radius 1 is 1.32 bits per heavy atom. The maximum atomic E-state index is 11.1. The predicted molar refractivity (Wildman–Crippen MR) is 72.2 cm³/mol. The van der Waals surface area contributed by atoms with Crippen LogP contribution in [0.3, 0.4) is 0 Å². The maximum absolute atomic E-state index is 11.1. The van der Waals surface area contributed by atoms with Crippen LogP contribution in [0, 0.1) is 0 Å². The zero-order valence-electron chi connectivity index (χ0n) is 11.3. The van der Waals surface area contributed by atoms with Crippen LogP contribution in [-0.4, -0.2) is 51.9 Å². The minimum Gasteiger partial charge on any atom is -0.390 e. The molecular weight excluding hydrogens is 292 g/mol. The zero-order chi connectivity index (χ0) is 14.9. The van der Waals surface area contributed by atoms with Gasteiger partial charge in [-0.3, -0.25) is 9.09 Å². The predicted octanol–water partition coefficient (Wildman–Crippen LogP) is 1.59. The number of nitrogens with zero attached hydrogens (tertiary/aromatic N) is 1. The van der Waals surface area contributed by atoms with Gasteiger partial charge in [-0.15, -0.1) is 0 Å². The Morgan fingerprint density at radius 3 is 2.42 bits per heavy atom. The Morgan fingerprint density at radius 2 is 1.95 bits per heavy atom. The number of rotatable bonds is 11. The van der Waals surface area contributed by atoms with Crippen LogP contribution in [0.25, 0.3) is 0 Å². The van der Waals surface area contributed by atoms with Crippen LogP contribution in [0.5, 0.6) is 0 Å². The molecule has 2 unspecified atom stereocenters. The molecule has 0 bridgehead atoms. The second-order valence-corrected chi connectivity index (χ2v) is 6.57. The van der Waals surface area contributed by atoms with Crippen LogP contribution in [0.15, 0.2) is 0 Å². The summed E-state index contributed by atoms with van der Waals surface area (Å²) in [6.45, 7) is 3.45. The molecular formula is C10H23NO6P2. The zero-order valence-corrected chi connectivity index (χ0v) is 13.1. The van der Waals surface area contributed by atoms with Crippen LogP contribution in [-0.2, 0) is 13.7 Å². The quantitative estimate of drug-likeness (QED) is 0.392. The monoisotopic (exact) mass is 315 g/mol. The molecule has 0 aromatic rings. The lowest BCUT2D eigenvalue weighted by atomic mass is 10.2. The average Bonchev–Trinajstić information content (AvgIpc) is 2.32. The molecule has 0 aliphatic heterocycles. The standard InChI is InChI=1S/C10H23NO6P2/c1-3-4-5-7-11(2)8-6-9(12)10(17-18-13)19(14,15)16/h9-10,12H,3-8H2,1-2H3,(H2,14,15,16). The molecule has 0 amide bonds. The van der Waals surface area contributed by atoms with Crippen molar-refractivity contribution in [3.05, 3.63) is 0 Å². The first-order chi connectivity index (χ1) is 8.82. The maximum Gasteiger partial charge on any atom is 0.357 e. The molecule has 2 atom stereocenters. The lowest BCUT2D eigenvalue weighted by Crippen LogP contribution is -2.31. The Bertz CT molecular complexity index is 298. The molecule has 0 saturated heterocycles. The van der Waals surface area contributed by atoms with Gasteiger partial charge in [0.2, 0.25) is 0 Å². The first-order valence-corrected chi connectivity index (χ1v) is 8.64. The third-order valence-electron chi connectivity index (χ3n) is 2.76. The van der Waals surface area contributed by atoms with Crippen molar-refractivity contribution in [2.45, 2.75) is 44.6 Å². The van der Waals surface area contributed by atoms with Gasteiger partial charge in [-0.1, -0.05) is 19.8 Å². The van der Waals surface area contributed by atoms with Gasteiger partial charge < -0.3 is 19.8 Å². The summed E-state index contributed by atoms with van der Waals surface area (Å²) < 4.78 is 25.7. The van der Waals surface area contributed by atoms with Crippen molar-refractivity contribution in [1.82, 2.24) is 4.90 Å². The van der Waals surface area contributed by atoms with Crippen molar-refractivity contribution < 1.29 is 28.5 Å². The summed E-state index contributed by atoms with van der Waals surface area (Å²) in [5.41, 5.74) is 0. The van der Waals surface area contributed by atoms with Gasteiger partial charge in [0.05, 0.1) is 6.10 Å². The Kier molecular flexibility index (Phi) is 10.0. The van der Waals surface area contributed by atoms with Gasteiger partial charge in [0, 0.05) is 6.54 Å². The Hall–Kier alpha value is 0.130. The van der Waals surface area contributed by atoms with E-state index in [4.69, 9.17) is 9.79 Å². The topological polar surface area (TPSA) is 107 Å². The van der Waals surface area contributed by atoms with Gasteiger partial charge in [0.15, 0.2) is 5.85 Å². The second kappa shape index (κ2) is 9.94. The molecule has 0 saturated carbocycles. The van der Waals surface area contributed by atoms with Crippen LogP contribution in [0.2, 0.25) is 0 Å². The fourth-order valence-electron chi connectivity index (χ4n) is 1.64. The normalized spacial score (nSPS) is 15.9. The minimum atomic E-state index is -4.63. The van der Waals surface area contributed by atoms with E-state index in [9.17, 15) is 14.2 Å². The van der Waals surface area contributed by atoms with Crippen molar-refractivity contribution in [2.24, 2.45) is 0 Å². The van der Waals surface area contributed by atoms with Crippen molar-refractivity contribution in [2.75, 3.05) is 20.1 Å². The molecule has 0 radical (unpaired) electrons. The molecule has 7 nitrogen and oxygen atoms in total. The summed E-state index contributed by atoms with van der Waals surface area (Å²) in [5.74, 6) is -1.74. The molecule has 19 heavy (non-hydrogen) atoms. The van der Waals surface area contributed by atoms with Gasteiger partial charge in [-0.25, -0.2) is 4.57 Å². The van der Waals surface area contributed by atoms with Crippen LogP contribution < -0.4 is 0 Å². The van der Waals surface area contributed by atoms with E-state index in [-0.39, 0.29) is 6.42 Å². The van der Waals surface area contributed by atoms with Gasteiger partial charge in [0.25, 0.3) is 0 Å². The molecule has 9 heteroatoms. The first kappa shape index (κ1) is 19.1. The first-order valence-electron chi connectivity index (χ1n) is 6.23. The SMILES string of the molecule is CCCCCN(C)CCC(O)C(OP=O)P(=O)(O)O. The van der Waals surface area contributed by atoms with E-state index in [2.05, 4.69) is 11.4 Å². The van der Waals surface area contributed by atoms with Gasteiger partial charge >= 0.3 is 16.3 Å². The highest BCUT2D eigenvalue weighted by atomic mass is 31.2. The molecule has 114 valence electrons. The number of aliphatic hydroxyl groups excluding tert-OH is 1. The van der Waals surface area contributed by atoms with E-state index < -0.39 is 28.2 Å². The Labute approximate surface area is 115 Å². The highest BCUT2D eigenvalue weighted by Gasteiger charge is 2.37. The molecule has 0 heterocycles. The van der Waals surface area contributed by atoms with Crippen molar-refractivity contribution in [3.8, 4) is 0 Å². The van der Waals surface area contributed by atoms with E-state index in [1.54, 1.807) is 0 Å². The number of hydrogen-bond acceptors (Lipinski definition) is 5. The van der Waals surface area contributed by atoms with E-state index >= 15 is 0 Å². The number of hydrogen-bond donors (Lipinski definition) is 3. The second-order valence-electron chi connectivity index (χ2n) is 4.53. The number of aliphatic hydroxyl groups is 1. The minimum absolute atomic E-state index is 0.147. The molecule has 3 N–H and O–H groups in total. The summed E-state index contributed by atoms with van der Waals surface area (Å²) in [4.78, 5) is 20.0. The van der Waals surface area contributed by atoms with Gasteiger partial charge in [0.1, 0.15) is 0 Å². The Balaban J connectivity index is 4.15. The summed E-state index contributed by atoms with van der Waals surface area (Å²) in [7, 11) is -3.61. The average molecular weight is 315 g/mol. The van der Waals surface area contributed by atoms with E-state index in [1.807, 2.05) is 11.9 Å². The van der Waals surface area contributed by atoms with Crippen LogP contribution in [0.1, 0.15) is 32.6 Å². The molecule has 0 aliphatic rings. The summed E-state index contributed by atoms with van der Waals surface area (Å²) in [6.07, 6.45) is 2.08. The highest BCUT2D eigenvalue weighted by Crippen LogP contribution is 2.45. The third kappa shape index (κ3) is 8.82. The summed E-state index contributed by atoms with van der Waals surface area (Å²) in [6, 6.07) is 0. The van der Waals surface area contributed by atoms with Gasteiger partial charge in [-0.05, 0) is 26.4 Å². The van der Waals surface area contributed by atoms with E-state index in [0.717, 1.165) is 25.8 Å². The lowest BCUT2D eigenvalue weighted by Gasteiger charge is -2.23. The van der Waals surface area contributed by atoms with Gasteiger partial charge in [-0.2, -0.15) is 0 Å². The molecule has 0 aliphatic carbocycles. The van der Waals surface area contributed by atoms with E-state index in [0.29, 0.717) is 6.54 Å². The lowest BCUT2D eigenvalue weighted by molar-refractivity contribution is 0.0600. The molecule has 0 aromatic heterocycles. The van der Waals surface area contributed by atoms with Crippen LogP contribution >= 0.6 is 16.3 Å². The smallest absolute Gasteiger partial charge is 0.357 e. The third-order valence-corrected chi connectivity index (χ3v) is 4.35. The van der Waals surface area contributed by atoms with Crippen molar-refractivity contribution in [3.63, 3.8) is 0 Å². The summed E-state index contributed by atoms with van der Waals surface area (Å²) >= 11 is 0. The fraction of sp³-hybridized carbons (Fsp3) is 1.00.